The van der Waals surface area contributed by atoms with Crippen LogP contribution in [0.15, 0.2) is 18.2 Å². The standard InChI is InChI=1S/C17H26N2O/c1-17(2)8-5-12(6-9-17)16(19-18)14-3-4-15-13(11-14)7-10-20-15/h3-4,11-12,16,19H,5-10,18H2,1-2H3. The largest absolute Gasteiger partial charge is 0.493 e. The van der Waals surface area contributed by atoms with Crippen molar-refractivity contribution in [3.63, 3.8) is 0 Å². The third-order valence-electron chi connectivity index (χ3n) is 5.11. The van der Waals surface area contributed by atoms with E-state index in [0.717, 1.165) is 18.8 Å². The van der Waals surface area contributed by atoms with Crippen LogP contribution in [0, 0.1) is 11.3 Å². The molecular weight excluding hydrogens is 248 g/mol. The normalized spacial score (nSPS) is 23.1. The molecule has 1 atom stereocenters. The summed E-state index contributed by atoms with van der Waals surface area (Å²) in [6.45, 7) is 5.57. The maximum Gasteiger partial charge on any atom is 0.122 e. The van der Waals surface area contributed by atoms with Gasteiger partial charge in [0.2, 0.25) is 0 Å². The van der Waals surface area contributed by atoms with E-state index in [4.69, 9.17) is 10.6 Å². The lowest BCUT2D eigenvalue weighted by Crippen LogP contribution is -2.36. The third-order valence-corrected chi connectivity index (χ3v) is 5.11. The Kier molecular flexibility index (Phi) is 3.74. The van der Waals surface area contributed by atoms with Gasteiger partial charge >= 0.3 is 0 Å². The molecule has 3 nitrogen and oxygen atoms in total. The Hall–Kier alpha value is -1.06. The predicted molar refractivity (Wildman–Crippen MR) is 81.4 cm³/mol. The van der Waals surface area contributed by atoms with Crippen molar-refractivity contribution in [2.24, 2.45) is 17.2 Å². The zero-order valence-corrected chi connectivity index (χ0v) is 12.6. The molecule has 110 valence electrons. The van der Waals surface area contributed by atoms with Crippen LogP contribution in [0.3, 0.4) is 0 Å². The van der Waals surface area contributed by atoms with Gasteiger partial charge in [-0.1, -0.05) is 26.0 Å². The molecule has 1 aliphatic heterocycles. The number of nitrogens with two attached hydrogens (primary N) is 1. The first kappa shape index (κ1) is 13.9. The summed E-state index contributed by atoms with van der Waals surface area (Å²) in [4.78, 5) is 0. The van der Waals surface area contributed by atoms with Gasteiger partial charge in [0.25, 0.3) is 0 Å². The molecule has 1 saturated carbocycles. The predicted octanol–water partition coefficient (Wildman–Crippen LogP) is 3.34. The fourth-order valence-corrected chi connectivity index (χ4v) is 3.66. The Labute approximate surface area is 121 Å². The molecule has 2 aliphatic rings. The second-order valence-electron chi connectivity index (χ2n) is 7.11. The van der Waals surface area contributed by atoms with E-state index in [1.807, 2.05) is 0 Å². The van der Waals surface area contributed by atoms with Crippen molar-refractivity contribution >= 4 is 0 Å². The Morgan fingerprint density at radius 1 is 1.30 bits per heavy atom. The van der Waals surface area contributed by atoms with Crippen LogP contribution in [-0.4, -0.2) is 6.61 Å². The fourth-order valence-electron chi connectivity index (χ4n) is 3.66. The molecule has 3 N–H and O–H groups in total. The molecule has 3 heteroatoms. The van der Waals surface area contributed by atoms with Crippen molar-refractivity contribution in [3.05, 3.63) is 29.3 Å². The van der Waals surface area contributed by atoms with Gasteiger partial charge in [-0.15, -0.1) is 0 Å². The Morgan fingerprint density at radius 2 is 2.05 bits per heavy atom. The molecule has 1 aromatic rings. The SMILES string of the molecule is CC1(C)CCC(C(NN)c2ccc3c(c2)CCO3)CC1. The highest BCUT2D eigenvalue weighted by Crippen LogP contribution is 2.43. The van der Waals surface area contributed by atoms with Crippen LogP contribution in [0.5, 0.6) is 5.75 Å². The van der Waals surface area contributed by atoms with E-state index in [9.17, 15) is 0 Å². The summed E-state index contributed by atoms with van der Waals surface area (Å²) in [5.74, 6) is 7.56. The molecule has 20 heavy (non-hydrogen) atoms. The van der Waals surface area contributed by atoms with Gasteiger partial charge in [0, 0.05) is 12.5 Å². The van der Waals surface area contributed by atoms with Gasteiger partial charge in [0.05, 0.1) is 6.61 Å². The summed E-state index contributed by atoms with van der Waals surface area (Å²) < 4.78 is 5.59. The average Bonchev–Trinajstić information content (AvgIpc) is 2.89. The van der Waals surface area contributed by atoms with Gasteiger partial charge in [-0.05, 0) is 54.2 Å². The third kappa shape index (κ3) is 2.70. The first-order valence-corrected chi connectivity index (χ1v) is 7.81. The van der Waals surface area contributed by atoms with Crippen molar-refractivity contribution in [1.29, 1.82) is 0 Å². The molecule has 0 radical (unpaired) electrons. The summed E-state index contributed by atoms with van der Waals surface area (Å²) in [5.41, 5.74) is 6.22. The summed E-state index contributed by atoms with van der Waals surface area (Å²) in [5, 5.41) is 0. The van der Waals surface area contributed by atoms with Gasteiger partial charge in [-0.3, -0.25) is 11.3 Å². The molecule has 0 saturated heterocycles. The van der Waals surface area contributed by atoms with Crippen LogP contribution in [0.1, 0.15) is 56.7 Å². The maximum absolute atomic E-state index is 5.87. The van der Waals surface area contributed by atoms with Gasteiger partial charge in [0.15, 0.2) is 0 Å². The van der Waals surface area contributed by atoms with E-state index in [1.165, 1.54) is 36.8 Å². The van der Waals surface area contributed by atoms with Gasteiger partial charge in [-0.2, -0.15) is 0 Å². The molecular formula is C17H26N2O. The molecule has 1 fully saturated rings. The minimum Gasteiger partial charge on any atom is -0.493 e. The van der Waals surface area contributed by atoms with E-state index in [0.29, 0.717) is 11.3 Å². The zero-order valence-electron chi connectivity index (χ0n) is 12.6. The van der Waals surface area contributed by atoms with Crippen LogP contribution in [0.2, 0.25) is 0 Å². The van der Waals surface area contributed by atoms with Crippen LogP contribution in [0.25, 0.3) is 0 Å². The highest BCUT2D eigenvalue weighted by Gasteiger charge is 2.32. The lowest BCUT2D eigenvalue weighted by molar-refractivity contribution is 0.161. The second kappa shape index (κ2) is 5.38. The zero-order chi connectivity index (χ0) is 14.2. The van der Waals surface area contributed by atoms with Gasteiger partial charge < -0.3 is 4.74 Å². The average molecular weight is 274 g/mol. The molecule has 0 bridgehead atoms. The molecule has 1 heterocycles. The van der Waals surface area contributed by atoms with E-state index in [1.54, 1.807) is 0 Å². The fraction of sp³-hybridized carbons (Fsp3) is 0.647. The van der Waals surface area contributed by atoms with Crippen molar-refractivity contribution in [3.8, 4) is 5.75 Å². The van der Waals surface area contributed by atoms with E-state index in [-0.39, 0.29) is 6.04 Å². The molecule has 1 aliphatic carbocycles. The number of hydrogen-bond acceptors (Lipinski definition) is 3. The van der Waals surface area contributed by atoms with Crippen LogP contribution < -0.4 is 16.0 Å². The second-order valence-corrected chi connectivity index (χ2v) is 7.11. The number of benzene rings is 1. The molecule has 0 aromatic heterocycles. The van der Waals surface area contributed by atoms with Crippen molar-refractivity contribution in [2.75, 3.05) is 6.61 Å². The highest BCUT2D eigenvalue weighted by atomic mass is 16.5. The van der Waals surface area contributed by atoms with Crippen LogP contribution in [-0.2, 0) is 6.42 Å². The van der Waals surface area contributed by atoms with Gasteiger partial charge in [0.1, 0.15) is 5.75 Å². The number of nitrogens with one attached hydrogen (secondary N) is 1. The maximum atomic E-state index is 5.87. The van der Waals surface area contributed by atoms with Gasteiger partial charge in [-0.25, -0.2) is 0 Å². The molecule has 1 aromatic carbocycles. The van der Waals surface area contributed by atoms with Crippen molar-refractivity contribution in [1.82, 2.24) is 5.43 Å². The molecule has 1 unspecified atom stereocenters. The number of hydrogen-bond donors (Lipinski definition) is 2. The molecule has 3 rings (SSSR count). The summed E-state index contributed by atoms with van der Waals surface area (Å²) in [6.07, 6.45) is 6.14. The van der Waals surface area contributed by atoms with Crippen molar-refractivity contribution in [2.45, 2.75) is 52.0 Å². The summed E-state index contributed by atoms with van der Waals surface area (Å²) in [7, 11) is 0. The molecule has 0 spiro atoms. The van der Waals surface area contributed by atoms with Crippen LogP contribution in [0.4, 0.5) is 0 Å². The summed E-state index contributed by atoms with van der Waals surface area (Å²) in [6, 6.07) is 6.84. The summed E-state index contributed by atoms with van der Waals surface area (Å²) >= 11 is 0. The van der Waals surface area contributed by atoms with Crippen molar-refractivity contribution < 1.29 is 4.74 Å². The Bertz CT molecular complexity index is 474. The van der Waals surface area contributed by atoms with E-state index in [2.05, 4.69) is 37.5 Å². The minimum absolute atomic E-state index is 0.275. The number of ether oxygens (including phenoxy) is 1. The smallest absolute Gasteiger partial charge is 0.122 e. The lowest BCUT2D eigenvalue weighted by Gasteiger charge is -2.38. The monoisotopic (exact) mass is 274 g/mol. The first-order chi connectivity index (χ1) is 9.59. The number of hydrazine groups is 1. The lowest BCUT2D eigenvalue weighted by atomic mass is 9.70. The minimum atomic E-state index is 0.275. The first-order valence-electron chi connectivity index (χ1n) is 7.81. The number of rotatable bonds is 3. The van der Waals surface area contributed by atoms with E-state index >= 15 is 0 Å². The molecule has 0 amide bonds. The Morgan fingerprint density at radius 3 is 2.75 bits per heavy atom. The quantitative estimate of drug-likeness (QED) is 0.656. The van der Waals surface area contributed by atoms with Crippen LogP contribution >= 0.6 is 0 Å². The van der Waals surface area contributed by atoms with E-state index < -0.39 is 0 Å². The topological polar surface area (TPSA) is 47.3 Å². The highest BCUT2D eigenvalue weighted by molar-refractivity contribution is 5.41. The Balaban J connectivity index is 1.77. The number of fused-ring (bicyclic) bond motifs is 1.